The molecule has 2 aromatic rings. The number of aromatic nitrogens is 4. The lowest BCUT2D eigenvalue weighted by Crippen LogP contribution is -2.37. The maximum absolute atomic E-state index is 12.0. The van der Waals surface area contributed by atoms with Crippen molar-refractivity contribution in [2.24, 2.45) is 0 Å². The van der Waals surface area contributed by atoms with Crippen LogP contribution in [-0.2, 0) is 14.3 Å². The number of carbonyl (C=O) groups excluding carboxylic acids is 1. The van der Waals surface area contributed by atoms with Crippen molar-refractivity contribution in [2.75, 3.05) is 6.61 Å². The predicted molar refractivity (Wildman–Crippen MR) is 82.9 cm³/mol. The molecule has 8 heteroatoms. The predicted octanol–water partition coefficient (Wildman–Crippen LogP) is 1.67. The average molecular weight is 332 g/mol. The quantitative estimate of drug-likeness (QED) is 0.779. The van der Waals surface area contributed by atoms with Gasteiger partial charge in [-0.1, -0.05) is 6.07 Å². The van der Waals surface area contributed by atoms with E-state index in [-0.39, 0.29) is 17.9 Å². The number of fused-ring (bicyclic) bond motifs is 2. The van der Waals surface area contributed by atoms with Crippen molar-refractivity contribution in [2.45, 2.75) is 38.7 Å². The molecule has 3 atom stereocenters. The molecule has 0 saturated carbocycles. The molecule has 0 radical (unpaired) electrons. The Morgan fingerprint density at radius 1 is 1.22 bits per heavy atom. The molecule has 2 bridgehead atoms. The number of tetrazole rings is 1. The first-order chi connectivity index (χ1) is 11.0. The Morgan fingerprint density at radius 3 is 2.70 bits per heavy atom. The number of ketones is 1. The van der Waals surface area contributed by atoms with E-state index in [0.717, 1.165) is 16.8 Å². The normalized spacial score (nSPS) is 26.7. The standard InChI is InChI=1S/C15H16N4O3S/c1-8-3-9(2)5-10(4-8)18-15(23)19(17-16-18)11-6-12(20)14-21-7-13(11)22-14/h3-5,11,13-14H,6-7H2,1-2H3/t11-,13-,14-/m1/s1. The maximum Gasteiger partial charge on any atom is 0.221 e. The molecular weight excluding hydrogens is 316 g/mol. The van der Waals surface area contributed by atoms with Crippen molar-refractivity contribution in [1.29, 1.82) is 0 Å². The zero-order valence-electron chi connectivity index (χ0n) is 12.8. The van der Waals surface area contributed by atoms with Crippen LogP contribution in [0.5, 0.6) is 0 Å². The summed E-state index contributed by atoms with van der Waals surface area (Å²) >= 11 is 5.52. The molecule has 1 aromatic carbocycles. The van der Waals surface area contributed by atoms with Crippen LogP contribution in [-0.4, -0.2) is 44.6 Å². The van der Waals surface area contributed by atoms with Gasteiger partial charge in [-0.15, -0.1) is 0 Å². The van der Waals surface area contributed by atoms with Gasteiger partial charge in [-0.05, 0) is 59.8 Å². The molecule has 1 aromatic heterocycles. The highest BCUT2D eigenvalue weighted by Crippen LogP contribution is 2.32. The molecule has 3 heterocycles. The first kappa shape index (κ1) is 14.7. The monoisotopic (exact) mass is 332 g/mol. The maximum atomic E-state index is 12.0. The van der Waals surface area contributed by atoms with Crippen LogP contribution in [0.2, 0.25) is 0 Å². The van der Waals surface area contributed by atoms with E-state index in [9.17, 15) is 4.79 Å². The lowest BCUT2D eigenvalue weighted by Gasteiger charge is -2.25. The van der Waals surface area contributed by atoms with Crippen LogP contribution in [0, 0.1) is 18.6 Å². The summed E-state index contributed by atoms with van der Waals surface area (Å²) in [7, 11) is 0. The molecule has 0 N–H and O–H groups in total. The van der Waals surface area contributed by atoms with Gasteiger partial charge in [0.15, 0.2) is 5.78 Å². The summed E-state index contributed by atoms with van der Waals surface area (Å²) in [6.07, 6.45) is -0.636. The van der Waals surface area contributed by atoms with E-state index >= 15 is 0 Å². The number of carbonyl (C=O) groups is 1. The fourth-order valence-electron chi connectivity index (χ4n) is 3.17. The van der Waals surface area contributed by atoms with Crippen LogP contribution < -0.4 is 0 Å². The highest BCUT2D eigenvalue weighted by atomic mass is 32.1. The molecule has 120 valence electrons. The molecule has 0 aliphatic carbocycles. The van der Waals surface area contributed by atoms with Crippen LogP contribution in [0.1, 0.15) is 23.6 Å². The minimum Gasteiger partial charge on any atom is -0.343 e. The second-order valence-corrected chi connectivity index (χ2v) is 6.41. The van der Waals surface area contributed by atoms with Crippen molar-refractivity contribution in [1.82, 2.24) is 19.8 Å². The number of hydrogen-bond donors (Lipinski definition) is 0. The minimum atomic E-state index is -0.722. The molecule has 23 heavy (non-hydrogen) atoms. The first-order valence-electron chi connectivity index (χ1n) is 7.46. The molecule has 0 amide bonds. The fraction of sp³-hybridized carbons (Fsp3) is 0.467. The lowest BCUT2D eigenvalue weighted by atomic mass is 10.0. The zero-order chi connectivity index (χ0) is 16.1. The Balaban J connectivity index is 1.74. The van der Waals surface area contributed by atoms with E-state index in [1.54, 1.807) is 9.36 Å². The van der Waals surface area contributed by atoms with Gasteiger partial charge >= 0.3 is 0 Å². The van der Waals surface area contributed by atoms with Crippen molar-refractivity contribution in [3.8, 4) is 5.69 Å². The first-order valence-corrected chi connectivity index (χ1v) is 7.87. The van der Waals surface area contributed by atoms with Gasteiger partial charge in [-0.3, -0.25) is 4.79 Å². The molecular formula is C15H16N4O3S. The largest absolute Gasteiger partial charge is 0.343 e. The van der Waals surface area contributed by atoms with Crippen molar-refractivity contribution >= 4 is 18.0 Å². The van der Waals surface area contributed by atoms with Gasteiger partial charge in [0.1, 0.15) is 6.10 Å². The number of nitrogens with zero attached hydrogens (tertiary/aromatic N) is 4. The topological polar surface area (TPSA) is 71.2 Å². The third-order valence-corrected chi connectivity index (χ3v) is 4.54. The molecule has 0 unspecified atom stereocenters. The molecule has 4 rings (SSSR count). The summed E-state index contributed by atoms with van der Waals surface area (Å²) in [6, 6.07) is 5.81. The molecule has 2 aliphatic rings. The van der Waals surface area contributed by atoms with E-state index in [0.29, 0.717) is 17.8 Å². The summed E-state index contributed by atoms with van der Waals surface area (Å²) in [5, 5.41) is 8.33. The third kappa shape index (κ3) is 2.43. The van der Waals surface area contributed by atoms with Gasteiger partial charge in [-0.2, -0.15) is 4.68 Å². The van der Waals surface area contributed by atoms with Crippen LogP contribution in [0.25, 0.3) is 5.69 Å². The van der Waals surface area contributed by atoms with Gasteiger partial charge in [0, 0.05) is 6.42 Å². The molecule has 7 nitrogen and oxygen atoms in total. The third-order valence-electron chi connectivity index (χ3n) is 4.18. The van der Waals surface area contributed by atoms with E-state index in [1.807, 2.05) is 26.0 Å². The Kier molecular flexibility index (Phi) is 3.40. The highest BCUT2D eigenvalue weighted by Gasteiger charge is 2.45. The summed E-state index contributed by atoms with van der Waals surface area (Å²) in [5.41, 5.74) is 3.11. The van der Waals surface area contributed by atoms with Crippen LogP contribution in [0.15, 0.2) is 18.2 Å². The Labute approximate surface area is 137 Å². The summed E-state index contributed by atoms with van der Waals surface area (Å²) in [6.45, 7) is 4.42. The SMILES string of the molecule is Cc1cc(C)cc(-n2nnn([C@@H]3CC(=O)[C@@H]4OC[C@H]3O4)c2=S)c1. The summed E-state index contributed by atoms with van der Waals surface area (Å²) in [5.74, 6) is -0.0772. The zero-order valence-corrected chi connectivity index (χ0v) is 13.6. The van der Waals surface area contributed by atoms with E-state index in [4.69, 9.17) is 21.7 Å². The smallest absolute Gasteiger partial charge is 0.221 e. The molecule has 2 saturated heterocycles. The number of rotatable bonds is 2. The van der Waals surface area contributed by atoms with Crippen molar-refractivity contribution in [3.05, 3.63) is 34.1 Å². The minimum absolute atomic E-state index is 0.0772. The molecule has 2 fully saturated rings. The molecule has 0 spiro atoms. The Morgan fingerprint density at radius 2 is 1.96 bits per heavy atom. The molecule has 2 aliphatic heterocycles. The van der Waals surface area contributed by atoms with E-state index in [2.05, 4.69) is 16.5 Å². The second kappa shape index (κ2) is 5.33. The van der Waals surface area contributed by atoms with Crippen molar-refractivity contribution < 1.29 is 14.3 Å². The Hall–Kier alpha value is -1.90. The number of hydrogen-bond acceptors (Lipinski definition) is 6. The number of ether oxygens (including phenoxy) is 2. The van der Waals surface area contributed by atoms with Gasteiger partial charge in [0.25, 0.3) is 0 Å². The fourth-order valence-corrected chi connectivity index (χ4v) is 3.48. The van der Waals surface area contributed by atoms with Gasteiger partial charge < -0.3 is 9.47 Å². The second-order valence-electron chi connectivity index (χ2n) is 6.04. The Bertz CT molecular complexity index is 823. The summed E-state index contributed by atoms with van der Waals surface area (Å²) in [4.78, 5) is 12.0. The van der Waals surface area contributed by atoms with Crippen LogP contribution in [0.4, 0.5) is 0 Å². The van der Waals surface area contributed by atoms with Gasteiger partial charge in [0.2, 0.25) is 11.1 Å². The average Bonchev–Trinajstić information content (AvgIpc) is 3.08. The van der Waals surface area contributed by atoms with Crippen LogP contribution in [0.3, 0.4) is 0 Å². The van der Waals surface area contributed by atoms with Gasteiger partial charge in [0.05, 0.1) is 18.3 Å². The number of benzene rings is 1. The summed E-state index contributed by atoms with van der Waals surface area (Å²) < 4.78 is 14.6. The highest BCUT2D eigenvalue weighted by molar-refractivity contribution is 7.71. The number of Topliss-reactive ketones (excluding diaryl/α,β-unsaturated/α-hetero) is 1. The lowest BCUT2D eigenvalue weighted by molar-refractivity contribution is -0.156. The van der Waals surface area contributed by atoms with E-state index in [1.165, 1.54) is 0 Å². The van der Waals surface area contributed by atoms with Crippen molar-refractivity contribution in [3.63, 3.8) is 0 Å². The number of aryl methyl sites for hydroxylation is 2. The van der Waals surface area contributed by atoms with E-state index < -0.39 is 6.29 Å². The van der Waals surface area contributed by atoms with Crippen LogP contribution >= 0.6 is 12.2 Å². The van der Waals surface area contributed by atoms with Gasteiger partial charge in [-0.25, -0.2) is 4.68 Å².